The molecule has 0 heterocycles. The predicted molar refractivity (Wildman–Crippen MR) is 40.5 cm³/mol. The van der Waals surface area contributed by atoms with Crippen LogP contribution < -0.4 is 0 Å². The van der Waals surface area contributed by atoms with Crippen molar-refractivity contribution in [2.45, 2.75) is 33.4 Å². The van der Waals surface area contributed by atoms with Crippen LogP contribution in [-0.2, 0) is 32.7 Å². The van der Waals surface area contributed by atoms with E-state index in [2.05, 4.69) is 23.1 Å². The maximum Gasteiger partial charge on any atom is 0 e. The summed E-state index contributed by atoms with van der Waals surface area (Å²) in [6.07, 6.45) is 2.00. The van der Waals surface area contributed by atoms with Crippen molar-refractivity contribution in [3.05, 3.63) is 6.42 Å². The Morgan fingerprint density at radius 1 is 1.25 bits per heavy atom. The fourth-order valence-corrected chi connectivity index (χ4v) is 0. The summed E-state index contributed by atoms with van der Waals surface area (Å²) in [5.74, 6) is 0. The molecule has 0 nitrogen and oxygen atoms in total. The normalized spacial score (nSPS) is 6.75. The number of hydrogen-bond acceptors (Lipinski definition) is 0. The fourth-order valence-electron chi connectivity index (χ4n) is 0. The Kier molecular flexibility index (Phi) is 32.2. The van der Waals surface area contributed by atoms with Crippen LogP contribution in [0.2, 0.25) is 0 Å². The molecule has 0 aromatic rings. The van der Waals surface area contributed by atoms with Crippen LogP contribution in [-0.4, -0.2) is 5.66 Å². The molecule has 0 saturated carbocycles. The molecule has 0 aliphatic carbocycles. The Morgan fingerprint density at radius 3 is 1.25 bits per heavy atom. The van der Waals surface area contributed by atoms with E-state index in [0.29, 0.717) is 0 Å². The van der Waals surface area contributed by atoms with Crippen molar-refractivity contribution < 1.29 is 32.7 Å². The summed E-state index contributed by atoms with van der Waals surface area (Å²) in [5, 5.41) is 0. The molecule has 2 heteroatoms. The molecule has 0 aliphatic rings. The molecule has 0 rings (SSSR count). The maximum atomic E-state index is 2.66. The van der Waals surface area contributed by atoms with E-state index in [9.17, 15) is 0 Å². The van der Waals surface area contributed by atoms with E-state index in [-0.39, 0.29) is 32.7 Å². The Morgan fingerprint density at radius 2 is 1.25 bits per heavy atom. The molecule has 0 aromatic carbocycles. The van der Waals surface area contributed by atoms with Gasteiger partial charge in [-0.25, -0.2) is 0 Å². The van der Waals surface area contributed by atoms with Gasteiger partial charge < -0.3 is 6.42 Å². The molecule has 0 fully saturated rings. The molecular formula is C6H16PY-. The van der Waals surface area contributed by atoms with Gasteiger partial charge in [0.2, 0.25) is 0 Å². The third kappa shape index (κ3) is 137. The first kappa shape index (κ1) is 16.3. The summed E-state index contributed by atoms with van der Waals surface area (Å²) >= 11 is 0. The average molecular weight is 208 g/mol. The van der Waals surface area contributed by atoms with Crippen LogP contribution in [0.1, 0.15) is 27.7 Å². The van der Waals surface area contributed by atoms with Gasteiger partial charge in [0, 0.05) is 32.7 Å². The van der Waals surface area contributed by atoms with Crippen molar-refractivity contribution in [2.24, 2.45) is 0 Å². The number of rotatable bonds is 0. The van der Waals surface area contributed by atoms with Crippen LogP contribution in [0.4, 0.5) is 0 Å². The van der Waals surface area contributed by atoms with Gasteiger partial charge in [-0.1, -0.05) is 13.8 Å². The van der Waals surface area contributed by atoms with Crippen molar-refractivity contribution in [1.82, 2.24) is 0 Å². The van der Waals surface area contributed by atoms with Gasteiger partial charge in [-0.3, -0.25) is 0 Å². The Labute approximate surface area is 81.3 Å². The summed E-state index contributed by atoms with van der Waals surface area (Å²) in [4.78, 5) is 0. The third-order valence-electron chi connectivity index (χ3n) is 0. The van der Waals surface area contributed by atoms with E-state index in [1.165, 1.54) is 0 Å². The summed E-state index contributed by atoms with van der Waals surface area (Å²) in [7, 11) is 2.66. The standard InChI is InChI=1S/C3H9P.C3H7.Y/c1-3(2)4;1-3-2;/h3H,4H2,1-2H3;3H,1-2H3;/q;-1;. The van der Waals surface area contributed by atoms with Crippen LogP contribution in [0.5, 0.6) is 0 Å². The first-order valence-corrected chi connectivity index (χ1v) is 3.31. The van der Waals surface area contributed by atoms with Crippen molar-refractivity contribution >= 4 is 9.24 Å². The van der Waals surface area contributed by atoms with Crippen LogP contribution in [0.15, 0.2) is 0 Å². The monoisotopic (exact) mass is 208 g/mol. The predicted octanol–water partition coefficient (Wildman–Crippen LogP) is 2.50. The maximum absolute atomic E-state index is 2.66. The van der Waals surface area contributed by atoms with Crippen molar-refractivity contribution in [3.8, 4) is 0 Å². The molecule has 0 aromatic heterocycles. The smallest absolute Gasteiger partial charge is 0 e. The molecule has 1 radical (unpaired) electrons. The average Bonchev–Trinajstić information content (AvgIpc) is 1.33. The second-order valence-corrected chi connectivity index (χ2v) is 3.15. The third-order valence-corrected chi connectivity index (χ3v) is 0. The van der Waals surface area contributed by atoms with E-state index in [0.717, 1.165) is 5.66 Å². The van der Waals surface area contributed by atoms with Crippen LogP contribution >= 0.6 is 9.24 Å². The summed E-state index contributed by atoms with van der Waals surface area (Å²) < 4.78 is 0. The van der Waals surface area contributed by atoms with Crippen molar-refractivity contribution in [2.75, 3.05) is 0 Å². The second kappa shape index (κ2) is 15.8. The van der Waals surface area contributed by atoms with Crippen molar-refractivity contribution in [1.29, 1.82) is 0 Å². The molecule has 8 heavy (non-hydrogen) atoms. The molecule has 1 unspecified atom stereocenters. The van der Waals surface area contributed by atoms with Gasteiger partial charge in [0.1, 0.15) is 0 Å². The van der Waals surface area contributed by atoms with Crippen LogP contribution in [0.3, 0.4) is 0 Å². The minimum Gasteiger partial charge on any atom is -0.335 e. The minimum atomic E-state index is 0. The second-order valence-electron chi connectivity index (χ2n) is 1.82. The molecule has 0 amide bonds. The van der Waals surface area contributed by atoms with E-state index in [1.54, 1.807) is 0 Å². The first-order chi connectivity index (χ1) is 3.15. The molecule has 0 aliphatic heterocycles. The summed E-state index contributed by atoms with van der Waals surface area (Å²) in [6, 6.07) is 0. The molecule has 0 bridgehead atoms. The molecule has 49 valence electrons. The topological polar surface area (TPSA) is 0 Å². The van der Waals surface area contributed by atoms with E-state index >= 15 is 0 Å². The van der Waals surface area contributed by atoms with E-state index in [1.807, 2.05) is 20.3 Å². The van der Waals surface area contributed by atoms with Gasteiger partial charge in [-0.05, 0) is 5.66 Å². The SMILES string of the molecule is CC(C)P.C[CH-]C.[Y]. The summed E-state index contributed by atoms with van der Waals surface area (Å²) in [5.41, 5.74) is 0.750. The minimum absolute atomic E-state index is 0. The van der Waals surface area contributed by atoms with Gasteiger partial charge in [0.05, 0.1) is 0 Å². The fraction of sp³-hybridized carbons (Fsp3) is 0.833. The van der Waals surface area contributed by atoms with Crippen LogP contribution in [0, 0.1) is 6.42 Å². The van der Waals surface area contributed by atoms with Gasteiger partial charge in [0.25, 0.3) is 0 Å². The molecule has 0 spiro atoms. The zero-order valence-electron chi connectivity index (χ0n) is 6.31. The Hall–Kier alpha value is 1.53. The van der Waals surface area contributed by atoms with Gasteiger partial charge >= 0.3 is 0 Å². The van der Waals surface area contributed by atoms with Crippen molar-refractivity contribution in [3.63, 3.8) is 0 Å². The van der Waals surface area contributed by atoms with E-state index < -0.39 is 0 Å². The molecule has 1 atom stereocenters. The van der Waals surface area contributed by atoms with E-state index in [4.69, 9.17) is 0 Å². The van der Waals surface area contributed by atoms with Gasteiger partial charge in [0.15, 0.2) is 0 Å². The van der Waals surface area contributed by atoms with Crippen LogP contribution in [0.25, 0.3) is 0 Å². The summed E-state index contributed by atoms with van der Waals surface area (Å²) in [6.45, 7) is 8.26. The zero-order valence-corrected chi connectivity index (χ0v) is 10.3. The first-order valence-electron chi connectivity index (χ1n) is 2.64. The zero-order chi connectivity index (χ0) is 6.28. The Balaban J connectivity index is -0.0000000575. The molecule has 0 saturated heterocycles. The molecule has 0 N–H and O–H groups in total. The number of hydrogen-bond donors (Lipinski definition) is 0. The largest absolute Gasteiger partial charge is 0.335 e. The Bertz CT molecular complexity index is 19.7. The quantitative estimate of drug-likeness (QED) is 0.423. The van der Waals surface area contributed by atoms with Gasteiger partial charge in [-0.2, -0.15) is 13.8 Å². The molecular weight excluding hydrogens is 192 g/mol. The van der Waals surface area contributed by atoms with Gasteiger partial charge in [-0.15, -0.1) is 9.24 Å².